The van der Waals surface area contributed by atoms with Crippen molar-refractivity contribution in [2.45, 2.75) is 51.7 Å². The van der Waals surface area contributed by atoms with Gasteiger partial charge in [0.05, 0.1) is 12.7 Å². The van der Waals surface area contributed by atoms with E-state index in [1.807, 2.05) is 25.1 Å². The zero-order valence-corrected chi connectivity index (χ0v) is 14.2. The molecule has 1 aromatic rings. The van der Waals surface area contributed by atoms with E-state index in [1.165, 1.54) is 24.8 Å². The zero-order valence-electron chi connectivity index (χ0n) is 14.2. The fourth-order valence-corrected chi connectivity index (χ4v) is 2.82. The Bertz CT molecular complexity index is 473. The standard InChI is InChI=1S/C12H21NO3.C7H8/c1-8-4-10(5-9-2-3-9)6-15-7-11(13)12(14)16-8;1-7-5-3-2-4-6-7/h8-11H,2-7,13H2,1H3;2-6H,1H3/t8?,10-,11-;/m0./s1. The third-order valence-corrected chi connectivity index (χ3v) is 4.24. The van der Waals surface area contributed by atoms with Crippen molar-refractivity contribution in [3.63, 3.8) is 0 Å². The largest absolute Gasteiger partial charge is 0.461 e. The van der Waals surface area contributed by atoms with Crippen LogP contribution in [0.4, 0.5) is 0 Å². The van der Waals surface area contributed by atoms with Gasteiger partial charge in [-0.2, -0.15) is 0 Å². The fraction of sp³-hybridized carbons (Fsp3) is 0.632. The van der Waals surface area contributed by atoms with Crippen LogP contribution in [0.5, 0.6) is 0 Å². The second-order valence-corrected chi connectivity index (χ2v) is 6.83. The Morgan fingerprint density at radius 3 is 2.39 bits per heavy atom. The summed E-state index contributed by atoms with van der Waals surface area (Å²) in [6.45, 7) is 5.02. The van der Waals surface area contributed by atoms with Gasteiger partial charge in [0.2, 0.25) is 0 Å². The summed E-state index contributed by atoms with van der Waals surface area (Å²) in [7, 11) is 0. The van der Waals surface area contributed by atoms with Crippen molar-refractivity contribution in [2.24, 2.45) is 17.6 Å². The molecular formula is C19H29NO3. The number of carbonyl (C=O) groups excluding carboxylic acids is 1. The molecule has 1 saturated heterocycles. The Morgan fingerprint density at radius 1 is 1.13 bits per heavy atom. The maximum Gasteiger partial charge on any atom is 0.325 e. The summed E-state index contributed by atoms with van der Waals surface area (Å²) >= 11 is 0. The van der Waals surface area contributed by atoms with Crippen LogP contribution in [0, 0.1) is 18.8 Å². The number of carbonyl (C=O) groups is 1. The maximum absolute atomic E-state index is 11.4. The van der Waals surface area contributed by atoms with E-state index in [9.17, 15) is 4.79 Å². The molecule has 2 aliphatic rings. The molecule has 0 spiro atoms. The molecule has 0 aromatic heterocycles. The molecule has 2 fully saturated rings. The summed E-state index contributed by atoms with van der Waals surface area (Å²) in [5.74, 6) is 1.06. The number of hydrogen-bond donors (Lipinski definition) is 1. The Labute approximate surface area is 139 Å². The first-order valence-electron chi connectivity index (χ1n) is 8.60. The summed E-state index contributed by atoms with van der Waals surface area (Å²) in [6.07, 6.45) is 4.77. The van der Waals surface area contributed by atoms with Crippen LogP contribution in [-0.2, 0) is 14.3 Å². The van der Waals surface area contributed by atoms with Gasteiger partial charge in [-0.25, -0.2) is 0 Å². The lowest BCUT2D eigenvalue weighted by molar-refractivity contribution is -0.150. The molecular weight excluding hydrogens is 290 g/mol. The minimum atomic E-state index is -0.623. The van der Waals surface area contributed by atoms with Crippen LogP contribution >= 0.6 is 0 Å². The summed E-state index contributed by atoms with van der Waals surface area (Å²) in [5, 5.41) is 0. The van der Waals surface area contributed by atoms with Gasteiger partial charge in [-0.1, -0.05) is 48.7 Å². The molecule has 0 radical (unpaired) electrons. The number of esters is 1. The highest BCUT2D eigenvalue weighted by atomic mass is 16.5. The summed E-state index contributed by atoms with van der Waals surface area (Å²) in [4.78, 5) is 11.4. The van der Waals surface area contributed by atoms with Crippen molar-refractivity contribution in [1.29, 1.82) is 0 Å². The first-order valence-corrected chi connectivity index (χ1v) is 8.60. The topological polar surface area (TPSA) is 61.5 Å². The Balaban J connectivity index is 0.000000229. The van der Waals surface area contributed by atoms with E-state index in [1.54, 1.807) is 0 Å². The van der Waals surface area contributed by atoms with Crippen molar-refractivity contribution >= 4 is 5.97 Å². The van der Waals surface area contributed by atoms with Gasteiger partial charge >= 0.3 is 5.97 Å². The molecule has 4 heteroatoms. The normalized spacial score (nSPS) is 28.5. The predicted octanol–water partition coefficient (Wildman–Crippen LogP) is 3.08. The number of rotatable bonds is 2. The first-order chi connectivity index (χ1) is 11.0. The lowest BCUT2D eigenvalue weighted by Crippen LogP contribution is -2.37. The van der Waals surface area contributed by atoms with E-state index in [0.717, 1.165) is 12.3 Å². The van der Waals surface area contributed by atoms with Gasteiger partial charge in [-0.15, -0.1) is 0 Å². The Morgan fingerprint density at radius 2 is 1.83 bits per heavy atom. The van der Waals surface area contributed by atoms with Crippen molar-refractivity contribution in [3.8, 4) is 0 Å². The van der Waals surface area contributed by atoms with E-state index in [-0.39, 0.29) is 18.7 Å². The number of cyclic esters (lactones) is 1. The average molecular weight is 319 g/mol. The maximum atomic E-state index is 11.4. The van der Waals surface area contributed by atoms with Crippen LogP contribution in [0.15, 0.2) is 30.3 Å². The highest BCUT2D eigenvalue weighted by molar-refractivity contribution is 5.75. The number of nitrogens with two attached hydrogens (primary N) is 1. The van der Waals surface area contributed by atoms with Crippen LogP contribution in [0.2, 0.25) is 0 Å². The predicted molar refractivity (Wildman–Crippen MR) is 91.0 cm³/mol. The van der Waals surface area contributed by atoms with Gasteiger partial charge in [-0.05, 0) is 38.5 Å². The molecule has 1 saturated carbocycles. The quantitative estimate of drug-likeness (QED) is 0.851. The molecule has 1 heterocycles. The van der Waals surface area contributed by atoms with Crippen molar-refractivity contribution in [1.82, 2.24) is 0 Å². The van der Waals surface area contributed by atoms with E-state index >= 15 is 0 Å². The third kappa shape index (κ3) is 7.14. The molecule has 1 unspecified atom stereocenters. The van der Waals surface area contributed by atoms with Crippen LogP contribution in [0.25, 0.3) is 0 Å². The van der Waals surface area contributed by atoms with Crippen LogP contribution in [0.3, 0.4) is 0 Å². The van der Waals surface area contributed by atoms with Gasteiger partial charge in [-0.3, -0.25) is 4.79 Å². The average Bonchev–Trinajstić information content (AvgIpc) is 3.31. The fourth-order valence-electron chi connectivity index (χ4n) is 2.82. The van der Waals surface area contributed by atoms with Gasteiger partial charge in [0.25, 0.3) is 0 Å². The van der Waals surface area contributed by atoms with Gasteiger partial charge in [0.1, 0.15) is 6.04 Å². The number of ether oxygens (including phenoxy) is 2. The van der Waals surface area contributed by atoms with Crippen LogP contribution < -0.4 is 5.73 Å². The molecule has 4 nitrogen and oxygen atoms in total. The third-order valence-electron chi connectivity index (χ3n) is 4.24. The molecule has 1 aliphatic heterocycles. The minimum Gasteiger partial charge on any atom is -0.461 e. The summed E-state index contributed by atoms with van der Waals surface area (Å²) in [6, 6.07) is 9.64. The lowest BCUT2D eigenvalue weighted by Gasteiger charge is -2.19. The SMILES string of the molecule is CC1C[C@@H](CC2CC2)COC[C@H](N)C(=O)O1.Cc1ccccc1. The number of benzene rings is 1. The van der Waals surface area contributed by atoms with Crippen LogP contribution in [0.1, 0.15) is 38.2 Å². The molecule has 128 valence electrons. The van der Waals surface area contributed by atoms with E-state index in [2.05, 4.69) is 19.1 Å². The van der Waals surface area contributed by atoms with E-state index < -0.39 is 6.04 Å². The monoisotopic (exact) mass is 319 g/mol. The van der Waals surface area contributed by atoms with E-state index in [4.69, 9.17) is 15.2 Å². The van der Waals surface area contributed by atoms with Crippen LogP contribution in [-0.4, -0.2) is 31.3 Å². The number of aryl methyl sites for hydroxylation is 1. The lowest BCUT2D eigenvalue weighted by atomic mass is 9.97. The molecule has 2 N–H and O–H groups in total. The Hall–Kier alpha value is -1.39. The van der Waals surface area contributed by atoms with Gasteiger partial charge < -0.3 is 15.2 Å². The second kappa shape index (κ2) is 9.04. The molecule has 1 aliphatic carbocycles. The highest BCUT2D eigenvalue weighted by Crippen LogP contribution is 2.37. The molecule has 23 heavy (non-hydrogen) atoms. The van der Waals surface area contributed by atoms with Gasteiger partial charge in [0.15, 0.2) is 0 Å². The van der Waals surface area contributed by atoms with Gasteiger partial charge in [0, 0.05) is 6.61 Å². The Kier molecular flexibility index (Phi) is 7.06. The molecule has 0 amide bonds. The molecule has 3 rings (SSSR count). The molecule has 1 aromatic carbocycles. The first kappa shape index (κ1) is 18.0. The molecule has 0 bridgehead atoms. The minimum absolute atomic E-state index is 0.0380. The smallest absolute Gasteiger partial charge is 0.325 e. The van der Waals surface area contributed by atoms with Crippen molar-refractivity contribution in [2.75, 3.05) is 13.2 Å². The van der Waals surface area contributed by atoms with Crippen molar-refractivity contribution < 1.29 is 14.3 Å². The van der Waals surface area contributed by atoms with Crippen molar-refractivity contribution in [3.05, 3.63) is 35.9 Å². The summed E-state index contributed by atoms with van der Waals surface area (Å²) in [5.41, 5.74) is 6.96. The molecule has 3 atom stereocenters. The second-order valence-electron chi connectivity index (χ2n) is 6.83. The van der Waals surface area contributed by atoms with E-state index in [0.29, 0.717) is 12.5 Å². The zero-order chi connectivity index (χ0) is 16.7. The summed E-state index contributed by atoms with van der Waals surface area (Å²) < 4.78 is 10.8. The number of hydrogen-bond acceptors (Lipinski definition) is 4. The highest BCUT2D eigenvalue weighted by Gasteiger charge is 2.29.